The van der Waals surface area contributed by atoms with Gasteiger partial charge in [0, 0.05) is 11.6 Å². The summed E-state index contributed by atoms with van der Waals surface area (Å²) in [7, 11) is 0. The number of alkyl halides is 3. The number of aryl methyl sites for hydroxylation is 1. The first-order chi connectivity index (χ1) is 11.2. The van der Waals surface area contributed by atoms with Crippen LogP contribution in [-0.2, 0) is 9.59 Å². The van der Waals surface area contributed by atoms with Crippen LogP contribution in [0.2, 0.25) is 0 Å². The lowest BCUT2D eigenvalue weighted by molar-refractivity contribution is -0.153. The Morgan fingerprint density at radius 3 is 2.50 bits per heavy atom. The fourth-order valence-electron chi connectivity index (χ4n) is 2.74. The lowest BCUT2D eigenvalue weighted by Gasteiger charge is -2.14. The molecule has 0 bridgehead atoms. The number of halogens is 3. The smallest absolute Gasteiger partial charge is 0.422 e. The van der Waals surface area contributed by atoms with E-state index in [1.807, 2.05) is 0 Å². The fourth-order valence-corrected chi connectivity index (χ4v) is 2.74. The summed E-state index contributed by atoms with van der Waals surface area (Å²) >= 11 is 0. The van der Waals surface area contributed by atoms with Crippen molar-refractivity contribution in [3.8, 4) is 5.75 Å². The molecule has 1 aliphatic carbocycles. The molecule has 1 aromatic carbocycles. The average Bonchev–Trinajstić information content (AvgIpc) is 2.95. The Hall–Kier alpha value is -2.25. The quantitative estimate of drug-likeness (QED) is 0.858. The lowest BCUT2D eigenvalue weighted by Crippen LogP contribution is -2.22. The van der Waals surface area contributed by atoms with Crippen molar-refractivity contribution in [1.29, 1.82) is 0 Å². The number of benzene rings is 1. The number of amides is 1. The van der Waals surface area contributed by atoms with Crippen LogP contribution in [0.25, 0.3) is 0 Å². The minimum absolute atomic E-state index is 0.0946. The van der Waals surface area contributed by atoms with Crippen molar-refractivity contribution in [2.24, 2.45) is 11.8 Å². The molecule has 2 N–H and O–H groups in total. The molecule has 8 heteroatoms. The van der Waals surface area contributed by atoms with E-state index in [0.717, 1.165) is 0 Å². The highest BCUT2D eigenvalue weighted by Crippen LogP contribution is 2.32. The van der Waals surface area contributed by atoms with Crippen LogP contribution in [0.1, 0.15) is 24.8 Å². The van der Waals surface area contributed by atoms with E-state index in [1.165, 1.54) is 18.2 Å². The lowest BCUT2D eigenvalue weighted by atomic mass is 10.0. The molecule has 2 rings (SSSR count). The maximum Gasteiger partial charge on any atom is 0.422 e. The third-order valence-electron chi connectivity index (χ3n) is 3.99. The molecule has 5 nitrogen and oxygen atoms in total. The first-order valence-electron chi connectivity index (χ1n) is 7.49. The molecule has 1 aliphatic rings. The van der Waals surface area contributed by atoms with E-state index in [2.05, 4.69) is 5.32 Å². The third-order valence-corrected chi connectivity index (χ3v) is 3.99. The summed E-state index contributed by atoms with van der Waals surface area (Å²) in [6.45, 7) is 0.204. The summed E-state index contributed by atoms with van der Waals surface area (Å²) in [5, 5.41) is 11.6. The highest BCUT2D eigenvalue weighted by molar-refractivity contribution is 5.93. The number of carboxylic acids is 1. The first-order valence-corrected chi connectivity index (χ1v) is 7.49. The van der Waals surface area contributed by atoms with Gasteiger partial charge in [-0.1, -0.05) is 0 Å². The topological polar surface area (TPSA) is 75.6 Å². The third kappa shape index (κ3) is 4.87. The van der Waals surface area contributed by atoms with Gasteiger partial charge in [-0.15, -0.1) is 0 Å². The molecule has 0 radical (unpaired) electrons. The van der Waals surface area contributed by atoms with Gasteiger partial charge in [-0.2, -0.15) is 13.2 Å². The normalized spacial score (nSPS) is 20.7. The Kier molecular flexibility index (Phi) is 5.36. The van der Waals surface area contributed by atoms with Crippen molar-refractivity contribution in [1.82, 2.24) is 0 Å². The number of nitrogens with one attached hydrogen (secondary N) is 1. The standard InChI is InChI=1S/C16H18F3NO4/c1-9-6-12(4-5-13(9)24-8-16(17,18)19)20-14(21)10-2-3-11(7-10)15(22)23/h4-6,10-11H,2-3,7-8H2,1H3,(H,20,21)(H,22,23)/t10-,11+/m1/s1. The van der Waals surface area contributed by atoms with Gasteiger partial charge in [0.2, 0.25) is 5.91 Å². The van der Waals surface area contributed by atoms with Crippen molar-refractivity contribution >= 4 is 17.6 Å². The molecule has 0 spiro atoms. The zero-order chi connectivity index (χ0) is 17.9. The minimum atomic E-state index is -4.41. The van der Waals surface area contributed by atoms with Gasteiger partial charge in [-0.3, -0.25) is 9.59 Å². The van der Waals surface area contributed by atoms with E-state index in [4.69, 9.17) is 9.84 Å². The molecule has 1 amide bonds. The average molecular weight is 345 g/mol. The van der Waals surface area contributed by atoms with E-state index in [1.54, 1.807) is 6.92 Å². The van der Waals surface area contributed by atoms with E-state index < -0.39 is 24.7 Å². The molecule has 1 saturated carbocycles. The highest BCUT2D eigenvalue weighted by atomic mass is 19.4. The number of carboxylic acid groups (broad SMARTS) is 1. The molecule has 0 unspecified atom stereocenters. The number of carbonyl (C=O) groups is 2. The van der Waals surface area contributed by atoms with Gasteiger partial charge < -0.3 is 15.2 Å². The Morgan fingerprint density at radius 1 is 1.29 bits per heavy atom. The summed E-state index contributed by atoms with van der Waals surface area (Å²) in [6, 6.07) is 4.35. The van der Waals surface area contributed by atoms with Crippen LogP contribution in [0.3, 0.4) is 0 Å². The SMILES string of the molecule is Cc1cc(NC(=O)[C@@H]2CC[C@H](C(=O)O)C2)ccc1OCC(F)(F)F. The molecular formula is C16H18F3NO4. The minimum Gasteiger partial charge on any atom is -0.484 e. The molecule has 0 aliphatic heterocycles. The zero-order valence-electron chi connectivity index (χ0n) is 13.0. The second-order valence-corrected chi connectivity index (χ2v) is 5.92. The predicted molar refractivity (Wildman–Crippen MR) is 79.8 cm³/mol. The zero-order valence-corrected chi connectivity index (χ0v) is 13.0. The van der Waals surface area contributed by atoms with Crippen LogP contribution >= 0.6 is 0 Å². The van der Waals surface area contributed by atoms with Gasteiger partial charge in [-0.05, 0) is 49.9 Å². The predicted octanol–water partition coefficient (Wildman–Crippen LogP) is 3.38. The maximum absolute atomic E-state index is 12.2. The molecule has 24 heavy (non-hydrogen) atoms. The first kappa shape index (κ1) is 18.1. The van der Waals surface area contributed by atoms with Gasteiger partial charge in [0.05, 0.1) is 5.92 Å². The molecule has 2 atom stereocenters. The van der Waals surface area contributed by atoms with Crippen molar-refractivity contribution in [2.45, 2.75) is 32.4 Å². The van der Waals surface area contributed by atoms with E-state index in [0.29, 0.717) is 30.5 Å². The molecule has 0 aromatic heterocycles. The van der Waals surface area contributed by atoms with Crippen LogP contribution in [0.4, 0.5) is 18.9 Å². The molecular weight excluding hydrogens is 327 g/mol. The summed E-state index contributed by atoms with van der Waals surface area (Å²) in [4.78, 5) is 23.1. The monoisotopic (exact) mass is 345 g/mol. The van der Waals surface area contributed by atoms with Gasteiger partial charge >= 0.3 is 12.1 Å². The van der Waals surface area contributed by atoms with Crippen LogP contribution in [0.5, 0.6) is 5.75 Å². The molecule has 0 saturated heterocycles. The highest BCUT2D eigenvalue weighted by Gasteiger charge is 2.34. The fraction of sp³-hybridized carbons (Fsp3) is 0.500. The Balaban J connectivity index is 1.95. The largest absolute Gasteiger partial charge is 0.484 e. The second-order valence-electron chi connectivity index (χ2n) is 5.92. The van der Waals surface area contributed by atoms with Crippen molar-refractivity contribution in [3.63, 3.8) is 0 Å². The molecule has 132 valence electrons. The van der Waals surface area contributed by atoms with Gasteiger partial charge in [0.25, 0.3) is 0 Å². The summed E-state index contributed by atoms with van der Waals surface area (Å²) in [5.41, 5.74) is 0.905. The van der Waals surface area contributed by atoms with E-state index >= 15 is 0 Å². The number of aliphatic carboxylic acids is 1. The Morgan fingerprint density at radius 2 is 1.96 bits per heavy atom. The number of ether oxygens (including phenoxy) is 1. The van der Waals surface area contributed by atoms with Crippen molar-refractivity contribution < 1.29 is 32.6 Å². The summed E-state index contributed by atoms with van der Waals surface area (Å²) in [6.07, 6.45) is -3.14. The second kappa shape index (κ2) is 7.11. The number of hydrogen-bond acceptors (Lipinski definition) is 3. The van der Waals surface area contributed by atoms with Crippen molar-refractivity contribution in [3.05, 3.63) is 23.8 Å². The van der Waals surface area contributed by atoms with Crippen LogP contribution in [0, 0.1) is 18.8 Å². The number of anilines is 1. The molecule has 0 heterocycles. The Bertz CT molecular complexity index is 630. The number of rotatable bonds is 5. The maximum atomic E-state index is 12.2. The van der Waals surface area contributed by atoms with Gasteiger partial charge in [0.1, 0.15) is 5.75 Å². The van der Waals surface area contributed by atoms with E-state index in [9.17, 15) is 22.8 Å². The van der Waals surface area contributed by atoms with Crippen LogP contribution in [-0.4, -0.2) is 29.8 Å². The van der Waals surface area contributed by atoms with E-state index in [-0.39, 0.29) is 17.6 Å². The van der Waals surface area contributed by atoms with Crippen LogP contribution in [0.15, 0.2) is 18.2 Å². The molecule has 1 fully saturated rings. The van der Waals surface area contributed by atoms with Gasteiger partial charge in [-0.25, -0.2) is 0 Å². The van der Waals surface area contributed by atoms with Gasteiger partial charge in [0.15, 0.2) is 6.61 Å². The molecule has 1 aromatic rings. The number of hydrogen-bond donors (Lipinski definition) is 2. The Labute approximate surface area is 136 Å². The number of carbonyl (C=O) groups excluding carboxylic acids is 1. The summed E-state index contributed by atoms with van der Waals surface area (Å²) in [5.74, 6) is -1.94. The van der Waals surface area contributed by atoms with Crippen LogP contribution < -0.4 is 10.1 Å². The van der Waals surface area contributed by atoms with Crippen molar-refractivity contribution in [2.75, 3.05) is 11.9 Å². The summed E-state index contributed by atoms with van der Waals surface area (Å²) < 4.78 is 41.2.